The topological polar surface area (TPSA) is 64.3 Å². The molecule has 2 aliphatic rings. The maximum absolute atomic E-state index is 11.2. The van der Waals surface area contributed by atoms with Gasteiger partial charge in [0.15, 0.2) is 0 Å². The fourth-order valence-electron chi connectivity index (χ4n) is 4.49. The Balaban J connectivity index is 1.76. The minimum atomic E-state index is -1.20. The standard InChI is InChI=1S/C24H24N2O2/c1-24(2)21-13-16(12-17(15-25)23(27)28)6-8-19(21)20-9-7-18(14-22(20)24)26-10-4-3-5-11-26/h6-9,12-14H,3-5,10-11H2,1-2H3,(H,27,28). The number of anilines is 1. The van der Waals surface area contributed by atoms with Crippen LogP contribution in [0.3, 0.4) is 0 Å². The second kappa shape index (κ2) is 6.83. The van der Waals surface area contributed by atoms with Gasteiger partial charge in [-0.25, -0.2) is 4.79 Å². The van der Waals surface area contributed by atoms with E-state index < -0.39 is 5.97 Å². The molecule has 0 unspecified atom stereocenters. The lowest BCUT2D eigenvalue weighted by Gasteiger charge is -2.30. The lowest BCUT2D eigenvalue weighted by molar-refractivity contribution is -0.132. The monoisotopic (exact) mass is 372 g/mol. The SMILES string of the molecule is CC1(C)c2cc(C=C(C#N)C(=O)O)ccc2-c2ccc(N3CCCCC3)cc21. The molecular weight excluding hydrogens is 348 g/mol. The van der Waals surface area contributed by atoms with E-state index in [-0.39, 0.29) is 11.0 Å². The van der Waals surface area contributed by atoms with Crippen LogP contribution in [-0.2, 0) is 10.2 Å². The molecule has 1 fully saturated rings. The summed E-state index contributed by atoms with van der Waals surface area (Å²) >= 11 is 0. The van der Waals surface area contributed by atoms with E-state index in [4.69, 9.17) is 10.4 Å². The first-order valence-electron chi connectivity index (χ1n) is 9.81. The van der Waals surface area contributed by atoms with Gasteiger partial charge in [0.25, 0.3) is 0 Å². The number of hydrogen-bond acceptors (Lipinski definition) is 3. The summed E-state index contributed by atoms with van der Waals surface area (Å²) in [5, 5.41) is 18.2. The molecule has 0 atom stereocenters. The van der Waals surface area contributed by atoms with Crippen LogP contribution in [0.1, 0.15) is 49.8 Å². The van der Waals surface area contributed by atoms with Crippen LogP contribution in [0.4, 0.5) is 5.69 Å². The van der Waals surface area contributed by atoms with Crippen molar-refractivity contribution in [2.75, 3.05) is 18.0 Å². The first-order chi connectivity index (χ1) is 13.4. The highest BCUT2D eigenvalue weighted by molar-refractivity contribution is 5.96. The van der Waals surface area contributed by atoms with Crippen molar-refractivity contribution in [2.24, 2.45) is 0 Å². The molecule has 2 aromatic rings. The molecule has 1 aliphatic carbocycles. The van der Waals surface area contributed by atoms with Gasteiger partial charge in [0.2, 0.25) is 0 Å². The van der Waals surface area contributed by atoms with Gasteiger partial charge in [-0.3, -0.25) is 0 Å². The largest absolute Gasteiger partial charge is 0.477 e. The highest BCUT2D eigenvalue weighted by Gasteiger charge is 2.36. The molecule has 0 amide bonds. The van der Waals surface area contributed by atoms with E-state index in [0.717, 1.165) is 18.7 Å². The van der Waals surface area contributed by atoms with Gasteiger partial charge in [0, 0.05) is 24.2 Å². The van der Waals surface area contributed by atoms with Crippen molar-refractivity contribution < 1.29 is 9.90 Å². The second-order valence-electron chi connectivity index (χ2n) is 8.18. The van der Waals surface area contributed by atoms with Gasteiger partial charge in [0.1, 0.15) is 11.6 Å². The minimum Gasteiger partial charge on any atom is -0.477 e. The van der Waals surface area contributed by atoms with Crippen molar-refractivity contribution in [3.8, 4) is 17.2 Å². The Kier molecular flexibility index (Phi) is 4.47. The number of fused-ring (bicyclic) bond motifs is 3. The number of rotatable bonds is 3. The fourth-order valence-corrected chi connectivity index (χ4v) is 4.49. The molecule has 2 aromatic carbocycles. The van der Waals surface area contributed by atoms with Crippen LogP contribution in [-0.4, -0.2) is 24.2 Å². The van der Waals surface area contributed by atoms with E-state index >= 15 is 0 Å². The van der Waals surface area contributed by atoms with Gasteiger partial charge in [-0.1, -0.05) is 38.1 Å². The average Bonchev–Trinajstić information content (AvgIpc) is 2.93. The first kappa shape index (κ1) is 18.3. The van der Waals surface area contributed by atoms with Crippen LogP contribution in [0, 0.1) is 11.3 Å². The van der Waals surface area contributed by atoms with E-state index in [1.54, 1.807) is 6.07 Å². The van der Waals surface area contributed by atoms with Crippen molar-refractivity contribution >= 4 is 17.7 Å². The van der Waals surface area contributed by atoms with Gasteiger partial charge in [-0.2, -0.15) is 5.26 Å². The van der Waals surface area contributed by atoms with Gasteiger partial charge in [-0.05, 0) is 65.3 Å². The number of nitrogens with zero attached hydrogens (tertiary/aromatic N) is 2. The number of carboxylic acids is 1. The number of carbonyl (C=O) groups is 1. The summed E-state index contributed by atoms with van der Waals surface area (Å²) < 4.78 is 0. The normalized spacial score (nSPS) is 17.6. The van der Waals surface area contributed by atoms with Crippen molar-refractivity contribution in [2.45, 2.75) is 38.5 Å². The summed E-state index contributed by atoms with van der Waals surface area (Å²) in [7, 11) is 0. The third-order valence-corrected chi connectivity index (χ3v) is 6.07. The maximum Gasteiger partial charge on any atom is 0.346 e. The Morgan fingerprint density at radius 2 is 1.71 bits per heavy atom. The Morgan fingerprint density at radius 1 is 1.07 bits per heavy atom. The fraction of sp³-hybridized carbons (Fsp3) is 0.333. The highest BCUT2D eigenvalue weighted by Crippen LogP contribution is 2.50. The Hall–Kier alpha value is -3.06. The second-order valence-corrected chi connectivity index (χ2v) is 8.18. The Morgan fingerprint density at radius 3 is 2.36 bits per heavy atom. The Bertz CT molecular complexity index is 1020. The highest BCUT2D eigenvalue weighted by atomic mass is 16.4. The predicted octanol–water partition coefficient (Wildman–Crippen LogP) is 4.97. The molecule has 1 saturated heterocycles. The van der Waals surface area contributed by atoms with Crippen LogP contribution in [0.2, 0.25) is 0 Å². The molecule has 28 heavy (non-hydrogen) atoms. The first-order valence-corrected chi connectivity index (χ1v) is 9.81. The minimum absolute atomic E-state index is 0.170. The van der Waals surface area contributed by atoms with Crippen LogP contribution in [0.15, 0.2) is 42.0 Å². The molecular formula is C24H24N2O2. The molecule has 4 heteroatoms. The van der Waals surface area contributed by atoms with Crippen molar-refractivity contribution in [3.63, 3.8) is 0 Å². The van der Waals surface area contributed by atoms with E-state index in [1.165, 1.54) is 53.3 Å². The zero-order chi connectivity index (χ0) is 19.9. The summed E-state index contributed by atoms with van der Waals surface area (Å²) in [6.45, 7) is 6.67. The zero-order valence-corrected chi connectivity index (χ0v) is 16.3. The molecule has 0 spiro atoms. The molecule has 0 aromatic heterocycles. The molecule has 1 heterocycles. The van der Waals surface area contributed by atoms with Crippen molar-refractivity contribution in [3.05, 3.63) is 58.7 Å². The smallest absolute Gasteiger partial charge is 0.346 e. The quantitative estimate of drug-likeness (QED) is 0.610. The number of benzene rings is 2. The molecule has 4 rings (SSSR count). The summed E-state index contributed by atoms with van der Waals surface area (Å²) in [5.41, 5.74) is 6.54. The molecule has 0 saturated carbocycles. The van der Waals surface area contributed by atoms with E-state index in [0.29, 0.717) is 0 Å². The van der Waals surface area contributed by atoms with Crippen molar-refractivity contribution in [1.29, 1.82) is 5.26 Å². The Labute approximate surface area is 165 Å². The van der Waals surface area contributed by atoms with Gasteiger partial charge < -0.3 is 10.0 Å². The number of carboxylic acid groups (broad SMARTS) is 1. The predicted molar refractivity (Wildman–Crippen MR) is 111 cm³/mol. The molecule has 1 N–H and O–H groups in total. The average molecular weight is 372 g/mol. The van der Waals surface area contributed by atoms with Crippen LogP contribution in [0.5, 0.6) is 0 Å². The summed E-state index contributed by atoms with van der Waals surface area (Å²) in [6, 6.07) is 14.5. The van der Waals surface area contributed by atoms with Crippen LogP contribution in [0.25, 0.3) is 17.2 Å². The number of piperidine rings is 1. The zero-order valence-electron chi connectivity index (χ0n) is 16.3. The van der Waals surface area contributed by atoms with Crippen LogP contribution < -0.4 is 4.90 Å². The van der Waals surface area contributed by atoms with E-state index in [9.17, 15) is 4.79 Å². The van der Waals surface area contributed by atoms with Crippen molar-refractivity contribution in [1.82, 2.24) is 0 Å². The summed E-state index contributed by atoms with van der Waals surface area (Å²) in [4.78, 5) is 13.6. The number of aliphatic carboxylic acids is 1. The van der Waals surface area contributed by atoms with E-state index in [1.807, 2.05) is 18.2 Å². The number of hydrogen-bond donors (Lipinski definition) is 1. The van der Waals surface area contributed by atoms with Gasteiger partial charge in [-0.15, -0.1) is 0 Å². The maximum atomic E-state index is 11.2. The summed E-state index contributed by atoms with van der Waals surface area (Å²) in [6.07, 6.45) is 5.26. The lowest BCUT2D eigenvalue weighted by atomic mass is 9.81. The van der Waals surface area contributed by atoms with Gasteiger partial charge >= 0.3 is 5.97 Å². The van der Waals surface area contributed by atoms with E-state index in [2.05, 4.69) is 36.9 Å². The molecule has 142 valence electrons. The molecule has 1 aliphatic heterocycles. The third-order valence-electron chi connectivity index (χ3n) is 6.07. The molecule has 4 nitrogen and oxygen atoms in total. The molecule has 0 bridgehead atoms. The number of nitriles is 1. The van der Waals surface area contributed by atoms with Gasteiger partial charge in [0.05, 0.1) is 0 Å². The molecule has 0 radical (unpaired) electrons. The third kappa shape index (κ3) is 2.97. The van der Waals surface area contributed by atoms with Crippen LogP contribution >= 0.6 is 0 Å². The summed E-state index contributed by atoms with van der Waals surface area (Å²) in [5.74, 6) is -1.20. The lowest BCUT2D eigenvalue weighted by Crippen LogP contribution is -2.29.